The molecule has 1 unspecified atom stereocenters. The summed E-state index contributed by atoms with van der Waals surface area (Å²) in [5, 5.41) is 9.00. The van der Waals surface area contributed by atoms with Gasteiger partial charge in [-0.2, -0.15) is 8.42 Å². The average molecular weight is 379 g/mol. The van der Waals surface area contributed by atoms with E-state index in [9.17, 15) is 18.0 Å². The van der Waals surface area contributed by atoms with Gasteiger partial charge in [0.25, 0.3) is 10.0 Å². The number of hydrogen-bond donors (Lipinski definition) is 1. The van der Waals surface area contributed by atoms with Gasteiger partial charge in [0.05, 0.1) is 5.92 Å². The Morgan fingerprint density at radius 2 is 2.08 bits per heavy atom. The summed E-state index contributed by atoms with van der Waals surface area (Å²) in [5.74, 6) is -1.01. The second kappa shape index (κ2) is 7.06. The first-order valence-corrected chi connectivity index (χ1v) is 9.89. The Hall–Kier alpha value is -2.42. The first kappa shape index (κ1) is 18.4. The highest BCUT2D eigenvalue weighted by atomic mass is 32.2. The molecule has 0 aliphatic carbocycles. The molecule has 2 aliphatic rings. The van der Waals surface area contributed by atoms with Crippen LogP contribution in [0.15, 0.2) is 33.6 Å². The van der Waals surface area contributed by atoms with Crippen LogP contribution in [-0.4, -0.2) is 67.7 Å². The van der Waals surface area contributed by atoms with E-state index in [1.807, 2.05) is 0 Å². The largest absolute Gasteiger partial charge is 0.481 e. The highest BCUT2D eigenvalue weighted by Gasteiger charge is 2.32. The van der Waals surface area contributed by atoms with E-state index in [4.69, 9.17) is 5.11 Å². The van der Waals surface area contributed by atoms with E-state index in [1.165, 1.54) is 6.07 Å². The van der Waals surface area contributed by atoms with Gasteiger partial charge in [0.15, 0.2) is 0 Å². The molecule has 8 nitrogen and oxygen atoms in total. The molecule has 0 spiro atoms. The first-order valence-electron chi connectivity index (χ1n) is 8.45. The molecule has 3 rings (SSSR count). The van der Waals surface area contributed by atoms with E-state index in [0.29, 0.717) is 43.8 Å². The molecule has 0 aromatic heterocycles. The minimum atomic E-state index is -3.65. The third kappa shape index (κ3) is 3.57. The van der Waals surface area contributed by atoms with Gasteiger partial charge in [0.1, 0.15) is 10.7 Å². The summed E-state index contributed by atoms with van der Waals surface area (Å²) in [6.45, 7) is 1.22. The second-order valence-corrected chi connectivity index (χ2v) is 8.15. The van der Waals surface area contributed by atoms with Gasteiger partial charge in [0.2, 0.25) is 5.91 Å². The van der Waals surface area contributed by atoms with E-state index < -0.39 is 21.9 Å². The van der Waals surface area contributed by atoms with Crippen LogP contribution in [0, 0.1) is 5.92 Å². The molecule has 1 N–H and O–H groups in total. The lowest BCUT2D eigenvalue weighted by Crippen LogP contribution is -2.32. The molecule has 140 valence electrons. The molecule has 0 saturated carbocycles. The third-order valence-electron chi connectivity index (χ3n) is 4.75. The molecule has 1 saturated heterocycles. The number of hydrogen-bond acceptors (Lipinski definition) is 5. The SMILES string of the molecule is CN(CCCC(=O)N1CCC(C(=O)O)C1)C1=NS(=O)(=O)c2ccccc21. The van der Waals surface area contributed by atoms with Crippen molar-refractivity contribution in [3.63, 3.8) is 0 Å². The van der Waals surface area contributed by atoms with Crippen LogP contribution in [0.3, 0.4) is 0 Å². The first-order chi connectivity index (χ1) is 12.3. The fraction of sp³-hybridized carbons (Fsp3) is 0.471. The zero-order chi connectivity index (χ0) is 18.9. The van der Waals surface area contributed by atoms with Crippen LogP contribution >= 0.6 is 0 Å². The van der Waals surface area contributed by atoms with Crippen LogP contribution in [0.25, 0.3) is 0 Å². The van der Waals surface area contributed by atoms with Crippen molar-refractivity contribution in [3.8, 4) is 0 Å². The van der Waals surface area contributed by atoms with Crippen molar-refractivity contribution in [1.29, 1.82) is 0 Å². The van der Waals surface area contributed by atoms with Crippen LogP contribution in [-0.2, 0) is 19.6 Å². The topological polar surface area (TPSA) is 107 Å². The van der Waals surface area contributed by atoms with E-state index in [1.54, 1.807) is 35.0 Å². The van der Waals surface area contributed by atoms with Gasteiger partial charge in [0, 0.05) is 38.7 Å². The summed E-state index contributed by atoms with van der Waals surface area (Å²) in [4.78, 5) is 26.7. The van der Waals surface area contributed by atoms with Crippen molar-refractivity contribution in [1.82, 2.24) is 9.80 Å². The number of carboxylic acids is 1. The number of aliphatic carboxylic acids is 1. The Morgan fingerprint density at radius 3 is 2.77 bits per heavy atom. The molecule has 2 aliphatic heterocycles. The summed E-state index contributed by atoms with van der Waals surface area (Å²) >= 11 is 0. The number of carbonyl (C=O) groups excluding carboxylic acids is 1. The van der Waals surface area contributed by atoms with Gasteiger partial charge in [-0.25, -0.2) is 0 Å². The van der Waals surface area contributed by atoms with Gasteiger partial charge in [-0.05, 0) is 25.0 Å². The van der Waals surface area contributed by atoms with Crippen LogP contribution in [0.4, 0.5) is 0 Å². The van der Waals surface area contributed by atoms with Crippen LogP contribution in [0.1, 0.15) is 24.8 Å². The quantitative estimate of drug-likeness (QED) is 0.810. The number of carboxylic acid groups (broad SMARTS) is 1. The molecule has 1 amide bonds. The molecule has 0 bridgehead atoms. The van der Waals surface area contributed by atoms with E-state index in [0.717, 1.165) is 0 Å². The number of sulfonamides is 1. The molecule has 1 aromatic rings. The smallest absolute Gasteiger partial charge is 0.308 e. The molecule has 2 heterocycles. The van der Waals surface area contributed by atoms with Crippen molar-refractivity contribution >= 4 is 27.7 Å². The predicted molar refractivity (Wildman–Crippen MR) is 94.4 cm³/mol. The number of benzene rings is 1. The van der Waals surface area contributed by atoms with Gasteiger partial charge >= 0.3 is 5.97 Å². The number of likely N-dealkylation sites (tertiary alicyclic amines) is 1. The minimum absolute atomic E-state index is 0.0662. The Balaban J connectivity index is 1.55. The molecule has 0 radical (unpaired) electrons. The fourth-order valence-electron chi connectivity index (χ4n) is 3.28. The Kier molecular flexibility index (Phi) is 4.99. The molecular weight excluding hydrogens is 358 g/mol. The van der Waals surface area contributed by atoms with Crippen molar-refractivity contribution < 1.29 is 23.1 Å². The minimum Gasteiger partial charge on any atom is -0.481 e. The second-order valence-electron chi connectivity index (χ2n) is 6.57. The van der Waals surface area contributed by atoms with E-state index in [-0.39, 0.29) is 17.3 Å². The van der Waals surface area contributed by atoms with Crippen molar-refractivity contribution in [3.05, 3.63) is 29.8 Å². The predicted octanol–water partition coefficient (Wildman–Crippen LogP) is 0.781. The Morgan fingerprint density at radius 1 is 1.35 bits per heavy atom. The van der Waals surface area contributed by atoms with Crippen molar-refractivity contribution in [2.75, 3.05) is 26.7 Å². The Bertz CT molecular complexity index is 865. The van der Waals surface area contributed by atoms with Gasteiger partial charge in [-0.3, -0.25) is 9.59 Å². The highest BCUT2D eigenvalue weighted by Crippen LogP contribution is 2.27. The highest BCUT2D eigenvalue weighted by molar-refractivity contribution is 7.90. The standard InChI is InChI=1S/C17H21N3O5S/c1-19(16-13-5-2-3-6-14(13)26(24,25)18-16)9-4-7-15(21)20-10-8-12(11-20)17(22)23/h2-3,5-6,12H,4,7-11H2,1H3,(H,22,23). The molecular formula is C17H21N3O5S. The average Bonchev–Trinajstić information content (AvgIpc) is 3.19. The summed E-state index contributed by atoms with van der Waals surface area (Å²) in [6, 6.07) is 6.67. The molecule has 26 heavy (non-hydrogen) atoms. The number of amides is 1. The van der Waals surface area contributed by atoms with Crippen LogP contribution in [0.5, 0.6) is 0 Å². The number of nitrogens with zero attached hydrogens (tertiary/aromatic N) is 3. The van der Waals surface area contributed by atoms with Crippen molar-refractivity contribution in [2.24, 2.45) is 10.3 Å². The summed E-state index contributed by atoms with van der Waals surface area (Å²) in [6.07, 6.45) is 1.32. The number of carbonyl (C=O) groups is 2. The van der Waals surface area contributed by atoms with E-state index in [2.05, 4.69) is 4.40 Å². The maximum Gasteiger partial charge on any atom is 0.308 e. The van der Waals surface area contributed by atoms with E-state index >= 15 is 0 Å². The number of rotatable bonds is 5. The van der Waals surface area contributed by atoms with Gasteiger partial charge in [-0.1, -0.05) is 12.1 Å². The molecule has 9 heteroatoms. The molecule has 1 fully saturated rings. The van der Waals surface area contributed by atoms with Gasteiger partial charge in [-0.15, -0.1) is 4.40 Å². The van der Waals surface area contributed by atoms with Gasteiger partial charge < -0.3 is 14.9 Å². The van der Waals surface area contributed by atoms with Crippen molar-refractivity contribution in [2.45, 2.75) is 24.2 Å². The summed E-state index contributed by atoms with van der Waals surface area (Å²) < 4.78 is 28.0. The third-order valence-corrected chi connectivity index (χ3v) is 6.07. The number of fused-ring (bicyclic) bond motifs is 1. The maximum atomic E-state index is 12.2. The van der Waals surface area contributed by atoms with Crippen LogP contribution in [0.2, 0.25) is 0 Å². The number of amidine groups is 1. The summed E-state index contributed by atoms with van der Waals surface area (Å²) in [7, 11) is -1.91. The lowest BCUT2D eigenvalue weighted by molar-refractivity contribution is -0.141. The zero-order valence-corrected chi connectivity index (χ0v) is 15.3. The monoisotopic (exact) mass is 379 g/mol. The normalized spacial score (nSPS) is 20.6. The maximum absolute atomic E-state index is 12.2. The molecule has 1 atom stereocenters. The fourth-order valence-corrected chi connectivity index (χ4v) is 4.54. The lowest BCUT2D eigenvalue weighted by Gasteiger charge is -2.20. The molecule has 1 aromatic carbocycles. The van der Waals surface area contributed by atoms with Crippen LogP contribution < -0.4 is 0 Å². The lowest BCUT2D eigenvalue weighted by atomic mass is 10.1. The zero-order valence-electron chi connectivity index (χ0n) is 14.5. The Labute approximate surface area is 152 Å². The summed E-state index contributed by atoms with van der Waals surface area (Å²) in [5.41, 5.74) is 0.574.